The lowest BCUT2D eigenvalue weighted by Crippen LogP contribution is -2.47. The molecule has 0 bridgehead atoms. The molecule has 0 aliphatic heterocycles. The molecule has 0 aromatic rings. The molecule has 0 aromatic heterocycles. The first kappa shape index (κ1) is 50.6. The molecule has 6 amide bonds. The molecule has 0 fully saturated rings. The zero-order valence-electron chi connectivity index (χ0n) is 30.8. The fourth-order valence-corrected chi connectivity index (χ4v) is 4.95. The van der Waals surface area contributed by atoms with Crippen molar-refractivity contribution < 1.29 is 28.8 Å². The third-order valence-electron chi connectivity index (χ3n) is 8.40. The summed E-state index contributed by atoms with van der Waals surface area (Å²) in [6, 6.07) is 0. The van der Waals surface area contributed by atoms with Crippen molar-refractivity contribution in [3.8, 4) is 0 Å². The van der Waals surface area contributed by atoms with Gasteiger partial charge in [-0.3, -0.25) is 33.7 Å². The standard InChI is InChI=1S/C30H65N15O6.CH4/c1-30(2,3)45(14-8-24(46)39(10-4-26(48)41(16-31)17-32)11-5-27(49)42(18-33)19-34)15-9-25(47)40(12-6-28(50)43(20-35)21-36)13-7-29(51)44(22-37)23-38;/h4-23,31-38H2,1-3H3;1H4. The van der Waals surface area contributed by atoms with E-state index in [1.54, 1.807) is 0 Å². The monoisotopic (exact) mass is 748 g/mol. The lowest BCUT2D eigenvalue weighted by Gasteiger charge is -2.36. The fourth-order valence-electron chi connectivity index (χ4n) is 4.95. The minimum absolute atomic E-state index is 0. The van der Waals surface area contributed by atoms with E-state index >= 15 is 0 Å². The largest absolute Gasteiger partial charge is 0.342 e. The van der Waals surface area contributed by atoms with E-state index in [0.717, 1.165) is 0 Å². The van der Waals surface area contributed by atoms with Gasteiger partial charge in [-0.25, -0.2) is 0 Å². The second-order valence-corrected chi connectivity index (χ2v) is 12.6. The number of nitrogens with two attached hydrogens (primary N) is 8. The molecule has 0 saturated heterocycles. The molecule has 304 valence electrons. The maximum Gasteiger partial charge on any atom is 0.226 e. The molecule has 0 saturated carbocycles. The quantitative estimate of drug-likeness (QED) is 0.0386. The molecule has 52 heavy (non-hydrogen) atoms. The van der Waals surface area contributed by atoms with E-state index in [1.165, 1.54) is 29.4 Å². The van der Waals surface area contributed by atoms with Gasteiger partial charge in [-0.15, -0.1) is 0 Å². The highest BCUT2D eigenvalue weighted by molar-refractivity contribution is 5.82. The van der Waals surface area contributed by atoms with Crippen LogP contribution in [0.1, 0.15) is 66.7 Å². The van der Waals surface area contributed by atoms with Gasteiger partial charge in [-0.1, -0.05) is 7.43 Å². The highest BCUT2D eigenvalue weighted by Crippen LogP contribution is 2.16. The van der Waals surface area contributed by atoms with Gasteiger partial charge in [0, 0.05) is 83.3 Å². The number of rotatable bonds is 26. The number of nitrogens with zero attached hydrogens (tertiary/aromatic N) is 7. The molecule has 0 rings (SSSR count). The third-order valence-corrected chi connectivity index (χ3v) is 8.40. The van der Waals surface area contributed by atoms with Gasteiger partial charge in [0.1, 0.15) is 0 Å². The van der Waals surface area contributed by atoms with Crippen molar-refractivity contribution in [3.63, 3.8) is 0 Å². The zero-order valence-corrected chi connectivity index (χ0v) is 30.8. The van der Waals surface area contributed by atoms with Crippen LogP contribution in [0.3, 0.4) is 0 Å². The molecule has 0 aliphatic rings. The molecular weight excluding hydrogens is 678 g/mol. The Morgan fingerprint density at radius 2 is 0.519 bits per heavy atom. The van der Waals surface area contributed by atoms with E-state index in [-0.39, 0.29) is 174 Å². The normalized spacial score (nSPS) is 11.1. The van der Waals surface area contributed by atoms with Gasteiger partial charge in [0.2, 0.25) is 35.4 Å². The number of hydrogen-bond donors (Lipinski definition) is 8. The Hall–Kier alpha value is -3.54. The van der Waals surface area contributed by atoms with Crippen LogP contribution in [0.5, 0.6) is 0 Å². The molecule has 0 spiro atoms. The first-order valence-corrected chi connectivity index (χ1v) is 17.1. The first-order valence-electron chi connectivity index (χ1n) is 17.1. The number of carbonyl (C=O) groups excluding carboxylic acids is 6. The molecule has 21 nitrogen and oxygen atoms in total. The second kappa shape index (κ2) is 27.1. The lowest BCUT2D eigenvalue weighted by atomic mass is 10.0. The number of amides is 6. The van der Waals surface area contributed by atoms with Crippen LogP contribution in [0.25, 0.3) is 0 Å². The SMILES string of the molecule is C.CC(C)(C)N(CCC(=O)N(CCC(=O)N(CN)CN)CCC(=O)N(CN)CN)CCC(=O)N(CCC(=O)N(CN)CN)CCC(=O)N(CN)CN. The minimum Gasteiger partial charge on any atom is -0.342 e. The van der Waals surface area contributed by atoms with E-state index in [4.69, 9.17) is 45.9 Å². The summed E-state index contributed by atoms with van der Waals surface area (Å²) in [5.74, 6) is -1.96. The van der Waals surface area contributed by atoms with Crippen molar-refractivity contribution in [1.82, 2.24) is 34.3 Å². The summed E-state index contributed by atoms with van der Waals surface area (Å²) in [6.07, 6.45) is -0.145. The predicted octanol–water partition coefficient (Wildman–Crippen LogP) is -4.64. The molecule has 0 aromatic carbocycles. The second-order valence-electron chi connectivity index (χ2n) is 12.6. The van der Waals surface area contributed by atoms with Crippen LogP contribution in [-0.4, -0.2) is 168 Å². The van der Waals surface area contributed by atoms with Gasteiger partial charge in [0.25, 0.3) is 0 Å². The third kappa shape index (κ3) is 18.3. The summed E-state index contributed by atoms with van der Waals surface area (Å²) in [6.45, 7) is 5.85. The molecule has 0 heterocycles. The Balaban J connectivity index is 0. The van der Waals surface area contributed by atoms with Crippen LogP contribution in [-0.2, 0) is 28.8 Å². The summed E-state index contributed by atoms with van der Waals surface area (Å²) in [5.41, 5.74) is 44.3. The Morgan fingerprint density at radius 1 is 0.346 bits per heavy atom. The fraction of sp³-hybridized carbons (Fsp3) is 0.806. The van der Waals surface area contributed by atoms with E-state index in [2.05, 4.69) is 0 Å². The Bertz CT molecular complexity index is 945. The highest BCUT2D eigenvalue weighted by atomic mass is 16.2. The van der Waals surface area contributed by atoms with E-state index in [1.807, 2.05) is 25.7 Å². The summed E-state index contributed by atoms with van der Waals surface area (Å²) < 4.78 is 0. The van der Waals surface area contributed by atoms with Crippen molar-refractivity contribution in [2.75, 3.05) is 92.6 Å². The molecule has 0 atom stereocenters. The number of carbonyl (C=O) groups is 6. The molecule has 0 aliphatic carbocycles. The van der Waals surface area contributed by atoms with Gasteiger partial charge in [-0.05, 0) is 20.8 Å². The van der Waals surface area contributed by atoms with Crippen LogP contribution < -0.4 is 45.9 Å². The Morgan fingerprint density at radius 3 is 0.692 bits per heavy atom. The average molecular weight is 748 g/mol. The van der Waals surface area contributed by atoms with Gasteiger partial charge in [-0.2, -0.15) is 0 Å². The van der Waals surface area contributed by atoms with Crippen molar-refractivity contribution in [2.24, 2.45) is 45.9 Å². The van der Waals surface area contributed by atoms with Crippen LogP contribution >= 0.6 is 0 Å². The van der Waals surface area contributed by atoms with E-state index in [0.29, 0.717) is 0 Å². The van der Waals surface area contributed by atoms with Crippen molar-refractivity contribution in [3.05, 3.63) is 0 Å². The zero-order chi connectivity index (χ0) is 39.1. The highest BCUT2D eigenvalue weighted by Gasteiger charge is 2.27. The predicted molar refractivity (Wildman–Crippen MR) is 199 cm³/mol. The summed E-state index contributed by atoms with van der Waals surface area (Å²) in [7, 11) is 0. The maximum atomic E-state index is 13.5. The van der Waals surface area contributed by atoms with Crippen molar-refractivity contribution in [2.45, 2.75) is 72.3 Å². The Labute approximate surface area is 309 Å². The average Bonchev–Trinajstić information content (AvgIpc) is 3.09. The first-order chi connectivity index (χ1) is 24.1. The smallest absolute Gasteiger partial charge is 0.226 e. The van der Waals surface area contributed by atoms with Gasteiger partial charge in [0.05, 0.1) is 53.3 Å². The molecule has 0 unspecified atom stereocenters. The lowest BCUT2D eigenvalue weighted by molar-refractivity contribution is -0.137. The summed E-state index contributed by atoms with van der Waals surface area (Å²) in [5, 5.41) is 0. The number of hydrogen-bond acceptors (Lipinski definition) is 15. The summed E-state index contributed by atoms with van der Waals surface area (Å²) >= 11 is 0. The minimum atomic E-state index is -0.467. The van der Waals surface area contributed by atoms with Gasteiger partial charge >= 0.3 is 0 Å². The van der Waals surface area contributed by atoms with Crippen molar-refractivity contribution in [1.29, 1.82) is 0 Å². The Kier molecular flexibility index (Phi) is 26.4. The van der Waals surface area contributed by atoms with Crippen molar-refractivity contribution >= 4 is 35.4 Å². The van der Waals surface area contributed by atoms with Gasteiger partial charge < -0.3 is 75.3 Å². The topological polar surface area (TPSA) is 333 Å². The van der Waals surface area contributed by atoms with Crippen LogP contribution in [0.4, 0.5) is 0 Å². The molecule has 16 N–H and O–H groups in total. The van der Waals surface area contributed by atoms with E-state index in [9.17, 15) is 28.8 Å². The molecular formula is C31H69N15O6. The van der Waals surface area contributed by atoms with Crippen LogP contribution in [0, 0.1) is 0 Å². The molecule has 21 heteroatoms. The van der Waals surface area contributed by atoms with E-state index < -0.39 is 5.54 Å². The van der Waals surface area contributed by atoms with Gasteiger partial charge in [0.15, 0.2) is 0 Å². The molecule has 0 radical (unpaired) electrons. The van der Waals surface area contributed by atoms with Crippen LogP contribution in [0.2, 0.25) is 0 Å². The van der Waals surface area contributed by atoms with Crippen LogP contribution in [0.15, 0.2) is 0 Å². The maximum absolute atomic E-state index is 13.5. The summed E-state index contributed by atoms with van der Waals surface area (Å²) in [4.78, 5) is 87.2.